The number of aromatic nitrogens is 3. The second-order valence-electron chi connectivity index (χ2n) is 10.9. The van der Waals surface area contributed by atoms with Crippen LogP contribution in [0.25, 0.3) is 11.3 Å². The topological polar surface area (TPSA) is 139 Å². The van der Waals surface area contributed by atoms with E-state index in [1.54, 1.807) is 12.3 Å². The average Bonchev–Trinajstić information content (AvgIpc) is 3.39. The number of halogens is 2. The standard InChI is InChI=1S/C30H36ClFN8O3S/c1-39-10-12-40(13-11-39)9-2-7-34-27-16-20(5-8-35-27)36-25-18-24(21-15-19(31)3-4-23(21)32)37-38-30(25)44-14-6-26-22(29(33)42)17-28(41)43-26/h3-5,8,15-16,18,22,26H,2,6-7,9-14,17H2,1H3,(H2,33,42)(H2,34,35,36,37). The molecule has 0 aliphatic carbocycles. The summed E-state index contributed by atoms with van der Waals surface area (Å²) in [6, 6.07) is 9.72. The number of hydrogen-bond donors (Lipinski definition) is 3. The van der Waals surface area contributed by atoms with E-state index in [2.05, 4.69) is 42.7 Å². The number of piperazine rings is 1. The summed E-state index contributed by atoms with van der Waals surface area (Å²) >= 11 is 7.52. The molecule has 11 nitrogen and oxygen atoms in total. The van der Waals surface area contributed by atoms with Crippen molar-refractivity contribution in [3.05, 3.63) is 53.4 Å². The third kappa shape index (κ3) is 8.56. The summed E-state index contributed by atoms with van der Waals surface area (Å²) in [7, 11) is 2.15. The number of amides is 1. The molecule has 2 unspecified atom stereocenters. The Balaban J connectivity index is 1.27. The Morgan fingerprint density at radius 1 is 1.18 bits per heavy atom. The molecule has 2 atom stereocenters. The van der Waals surface area contributed by atoms with Crippen molar-refractivity contribution in [1.82, 2.24) is 25.0 Å². The van der Waals surface area contributed by atoms with Gasteiger partial charge in [-0.05, 0) is 56.8 Å². The molecule has 5 rings (SSSR count). The number of anilines is 3. The van der Waals surface area contributed by atoms with Crippen LogP contribution in [-0.2, 0) is 14.3 Å². The van der Waals surface area contributed by atoms with Gasteiger partial charge in [0, 0.05) is 67.0 Å². The number of nitrogens with zero attached hydrogens (tertiary/aromatic N) is 5. The Bertz CT molecular complexity index is 1480. The van der Waals surface area contributed by atoms with E-state index in [4.69, 9.17) is 22.1 Å². The van der Waals surface area contributed by atoms with Crippen molar-refractivity contribution in [3.8, 4) is 11.3 Å². The van der Waals surface area contributed by atoms with Crippen LogP contribution in [0.1, 0.15) is 19.3 Å². The highest BCUT2D eigenvalue weighted by Crippen LogP contribution is 2.34. The van der Waals surface area contributed by atoms with Gasteiger partial charge in [0.15, 0.2) is 0 Å². The molecule has 234 valence electrons. The van der Waals surface area contributed by atoms with Crippen LogP contribution in [0.2, 0.25) is 5.02 Å². The number of carbonyl (C=O) groups is 2. The van der Waals surface area contributed by atoms with Crippen molar-refractivity contribution in [3.63, 3.8) is 0 Å². The van der Waals surface area contributed by atoms with E-state index < -0.39 is 29.7 Å². The van der Waals surface area contributed by atoms with Gasteiger partial charge in [-0.25, -0.2) is 9.37 Å². The summed E-state index contributed by atoms with van der Waals surface area (Å²) in [5.41, 5.74) is 7.36. The first-order valence-corrected chi connectivity index (χ1v) is 15.9. The van der Waals surface area contributed by atoms with Crippen molar-refractivity contribution >= 4 is 52.4 Å². The number of benzene rings is 1. The van der Waals surface area contributed by atoms with Gasteiger partial charge in [-0.2, -0.15) is 0 Å². The molecule has 0 spiro atoms. The van der Waals surface area contributed by atoms with Crippen LogP contribution in [0.4, 0.5) is 21.6 Å². The molecule has 3 aromatic rings. The van der Waals surface area contributed by atoms with Crippen LogP contribution in [0, 0.1) is 11.7 Å². The maximum atomic E-state index is 14.7. The lowest BCUT2D eigenvalue weighted by atomic mass is 9.99. The van der Waals surface area contributed by atoms with E-state index in [0.29, 0.717) is 33.6 Å². The number of rotatable bonds is 13. The first-order chi connectivity index (χ1) is 21.2. The van der Waals surface area contributed by atoms with Crippen LogP contribution >= 0.6 is 23.4 Å². The number of nitrogens with one attached hydrogen (secondary N) is 2. The number of pyridine rings is 1. The minimum Gasteiger partial charge on any atom is -0.461 e. The minimum atomic E-state index is -0.649. The van der Waals surface area contributed by atoms with Gasteiger partial charge in [-0.15, -0.1) is 22.0 Å². The Hall–Kier alpha value is -3.52. The number of thioether (sulfide) groups is 1. The van der Waals surface area contributed by atoms with E-state index in [1.165, 1.54) is 30.0 Å². The molecular formula is C30H36ClFN8O3S. The third-order valence-electron chi connectivity index (χ3n) is 7.68. The molecule has 2 aromatic heterocycles. The lowest BCUT2D eigenvalue weighted by Crippen LogP contribution is -2.44. The lowest BCUT2D eigenvalue weighted by Gasteiger charge is -2.32. The number of hydrogen-bond acceptors (Lipinski definition) is 11. The number of esters is 1. The first kappa shape index (κ1) is 31.9. The maximum absolute atomic E-state index is 14.7. The van der Waals surface area contributed by atoms with E-state index in [9.17, 15) is 14.0 Å². The molecule has 0 bridgehead atoms. The maximum Gasteiger partial charge on any atom is 0.307 e. The molecule has 0 radical (unpaired) electrons. The first-order valence-electron chi connectivity index (χ1n) is 14.6. The van der Waals surface area contributed by atoms with Crippen LogP contribution in [0.5, 0.6) is 0 Å². The quantitative estimate of drug-likeness (QED) is 0.142. The molecule has 2 aliphatic heterocycles. The fraction of sp³-hybridized carbons (Fsp3) is 0.433. The molecule has 4 heterocycles. The second kappa shape index (κ2) is 15.0. The van der Waals surface area contributed by atoms with Gasteiger partial charge in [0.25, 0.3) is 0 Å². The van der Waals surface area contributed by atoms with Gasteiger partial charge in [-0.1, -0.05) is 11.6 Å². The number of carbonyl (C=O) groups excluding carboxylic acids is 2. The molecule has 1 amide bonds. The van der Waals surface area contributed by atoms with Crippen molar-refractivity contribution in [1.29, 1.82) is 0 Å². The Kier molecular flexibility index (Phi) is 10.9. The second-order valence-corrected chi connectivity index (χ2v) is 12.5. The van der Waals surface area contributed by atoms with Crippen LogP contribution in [-0.4, -0.2) is 95.0 Å². The van der Waals surface area contributed by atoms with E-state index >= 15 is 0 Å². The fourth-order valence-electron chi connectivity index (χ4n) is 5.18. The molecule has 14 heteroatoms. The normalized spacial score (nSPS) is 19.1. The number of likely N-dealkylation sites (N-methyl/N-ethyl adjacent to an activating group) is 1. The summed E-state index contributed by atoms with van der Waals surface area (Å²) < 4.78 is 20.0. The zero-order valence-electron chi connectivity index (χ0n) is 24.5. The summed E-state index contributed by atoms with van der Waals surface area (Å²) in [5.74, 6) is -0.896. The molecule has 2 saturated heterocycles. The number of nitrogens with two attached hydrogens (primary N) is 1. The highest BCUT2D eigenvalue weighted by Gasteiger charge is 2.38. The molecule has 1 aromatic carbocycles. The predicted molar refractivity (Wildman–Crippen MR) is 170 cm³/mol. The minimum absolute atomic E-state index is 0.00849. The summed E-state index contributed by atoms with van der Waals surface area (Å²) in [5, 5.41) is 16.4. The van der Waals surface area contributed by atoms with Crippen LogP contribution in [0.15, 0.2) is 47.6 Å². The van der Waals surface area contributed by atoms with E-state index in [-0.39, 0.29) is 12.0 Å². The smallest absolute Gasteiger partial charge is 0.307 e. The average molecular weight is 643 g/mol. The van der Waals surface area contributed by atoms with Gasteiger partial charge in [-0.3, -0.25) is 9.59 Å². The molecule has 44 heavy (non-hydrogen) atoms. The number of primary amides is 1. The third-order valence-corrected chi connectivity index (χ3v) is 8.93. The van der Waals surface area contributed by atoms with Crippen molar-refractivity contribution in [2.24, 2.45) is 11.7 Å². The van der Waals surface area contributed by atoms with Crippen molar-refractivity contribution in [2.75, 3.05) is 62.7 Å². The van der Waals surface area contributed by atoms with Crippen LogP contribution < -0.4 is 16.4 Å². The summed E-state index contributed by atoms with van der Waals surface area (Å²) in [6.07, 6.45) is 2.53. The molecular weight excluding hydrogens is 607 g/mol. The SMILES string of the molecule is CN1CCN(CCCNc2cc(Nc3cc(-c4cc(Cl)ccc4F)nnc3SCCC3OC(=O)CC3C(N)=O)ccn2)CC1. The largest absolute Gasteiger partial charge is 0.461 e. The van der Waals surface area contributed by atoms with Crippen molar-refractivity contribution < 1.29 is 18.7 Å². The number of ether oxygens (including phenoxy) is 1. The van der Waals surface area contributed by atoms with Gasteiger partial charge >= 0.3 is 5.97 Å². The summed E-state index contributed by atoms with van der Waals surface area (Å²) in [4.78, 5) is 32.8. The van der Waals surface area contributed by atoms with Crippen LogP contribution in [0.3, 0.4) is 0 Å². The summed E-state index contributed by atoms with van der Waals surface area (Å²) in [6.45, 7) is 6.20. The predicted octanol–water partition coefficient (Wildman–Crippen LogP) is 4.02. The Morgan fingerprint density at radius 3 is 2.80 bits per heavy atom. The highest BCUT2D eigenvalue weighted by atomic mass is 35.5. The van der Waals surface area contributed by atoms with Crippen molar-refractivity contribution in [2.45, 2.75) is 30.4 Å². The Morgan fingerprint density at radius 2 is 2.00 bits per heavy atom. The van der Waals surface area contributed by atoms with Gasteiger partial charge in [0.05, 0.1) is 23.7 Å². The zero-order valence-corrected chi connectivity index (χ0v) is 26.0. The number of cyclic esters (lactones) is 1. The molecule has 2 fully saturated rings. The van der Waals surface area contributed by atoms with E-state index in [1.807, 2.05) is 12.1 Å². The monoisotopic (exact) mass is 642 g/mol. The van der Waals surface area contributed by atoms with Gasteiger partial charge < -0.3 is 30.9 Å². The van der Waals surface area contributed by atoms with Gasteiger partial charge in [0.1, 0.15) is 22.8 Å². The Labute approximate surface area is 265 Å². The fourth-order valence-corrected chi connectivity index (χ4v) is 6.26. The molecule has 0 saturated carbocycles. The molecule has 2 aliphatic rings. The van der Waals surface area contributed by atoms with E-state index in [0.717, 1.165) is 57.2 Å². The van der Waals surface area contributed by atoms with Gasteiger partial charge in [0.2, 0.25) is 5.91 Å². The molecule has 4 N–H and O–H groups in total. The zero-order chi connectivity index (χ0) is 31.1. The highest BCUT2D eigenvalue weighted by molar-refractivity contribution is 7.99. The lowest BCUT2D eigenvalue weighted by molar-refractivity contribution is -0.141.